The Morgan fingerprint density at radius 3 is 2.81 bits per heavy atom. The summed E-state index contributed by atoms with van der Waals surface area (Å²) in [4.78, 5) is 13.3. The van der Waals surface area contributed by atoms with E-state index in [1.165, 1.54) is 4.90 Å². The second-order valence-electron chi connectivity index (χ2n) is 5.17. The van der Waals surface area contributed by atoms with Crippen LogP contribution in [0.3, 0.4) is 0 Å². The lowest BCUT2D eigenvalue weighted by molar-refractivity contribution is -0.183. The van der Waals surface area contributed by atoms with E-state index in [1.807, 2.05) is 0 Å². The first-order chi connectivity index (χ1) is 9.79. The van der Waals surface area contributed by atoms with Crippen molar-refractivity contribution in [1.82, 2.24) is 4.90 Å². The van der Waals surface area contributed by atoms with Crippen molar-refractivity contribution in [2.24, 2.45) is 5.92 Å². The Labute approximate surface area is 126 Å². The van der Waals surface area contributed by atoms with Crippen LogP contribution in [-0.4, -0.2) is 30.2 Å². The van der Waals surface area contributed by atoms with E-state index in [9.17, 15) is 18.0 Å². The smallest absolute Gasteiger partial charge is 0.324 e. The van der Waals surface area contributed by atoms with Crippen LogP contribution in [0, 0.1) is 12.8 Å². The minimum atomic E-state index is -4.26. The number of piperidine rings is 1. The number of hydrogen-bond acceptors (Lipinski definition) is 1. The van der Waals surface area contributed by atoms with Gasteiger partial charge in [0.05, 0.1) is 5.92 Å². The summed E-state index contributed by atoms with van der Waals surface area (Å²) in [7, 11) is 0. The third kappa shape index (κ3) is 3.81. The van der Waals surface area contributed by atoms with E-state index < -0.39 is 18.1 Å². The summed E-state index contributed by atoms with van der Waals surface area (Å²) >= 11 is 5.95. The van der Waals surface area contributed by atoms with Crippen LogP contribution in [0.2, 0.25) is 5.02 Å². The van der Waals surface area contributed by atoms with Crippen LogP contribution in [0.4, 0.5) is 23.7 Å². The molecule has 1 fully saturated rings. The number of nitrogens with one attached hydrogen (secondary N) is 1. The number of anilines is 1. The minimum Gasteiger partial charge on any atom is -0.324 e. The normalized spacial score (nSPS) is 19.5. The predicted molar refractivity (Wildman–Crippen MR) is 75.6 cm³/mol. The number of rotatable bonds is 1. The van der Waals surface area contributed by atoms with Gasteiger partial charge < -0.3 is 10.2 Å². The van der Waals surface area contributed by atoms with Crippen molar-refractivity contribution in [1.29, 1.82) is 0 Å². The van der Waals surface area contributed by atoms with E-state index in [1.54, 1.807) is 25.1 Å². The molecule has 21 heavy (non-hydrogen) atoms. The van der Waals surface area contributed by atoms with E-state index in [0.29, 0.717) is 29.2 Å². The van der Waals surface area contributed by atoms with Crippen LogP contribution in [0.15, 0.2) is 18.2 Å². The minimum absolute atomic E-state index is 0.0729. The number of urea groups is 1. The van der Waals surface area contributed by atoms with Crippen molar-refractivity contribution in [2.45, 2.75) is 25.9 Å². The zero-order valence-electron chi connectivity index (χ0n) is 11.5. The molecule has 1 aliphatic heterocycles. The lowest BCUT2D eigenvalue weighted by Crippen LogP contribution is -2.46. The third-order valence-electron chi connectivity index (χ3n) is 3.68. The molecule has 1 aromatic carbocycles. The number of benzene rings is 1. The Kier molecular flexibility index (Phi) is 4.66. The zero-order chi connectivity index (χ0) is 15.6. The van der Waals surface area contributed by atoms with Crippen molar-refractivity contribution < 1.29 is 18.0 Å². The fourth-order valence-electron chi connectivity index (χ4n) is 2.37. The topological polar surface area (TPSA) is 32.3 Å². The van der Waals surface area contributed by atoms with Crippen LogP contribution in [0.25, 0.3) is 0 Å². The summed E-state index contributed by atoms with van der Waals surface area (Å²) in [5, 5.41) is 3.13. The molecule has 0 spiro atoms. The largest absolute Gasteiger partial charge is 0.393 e. The number of nitrogens with zero attached hydrogens (tertiary/aromatic N) is 1. The van der Waals surface area contributed by atoms with Gasteiger partial charge in [-0.15, -0.1) is 0 Å². The maximum atomic E-state index is 12.7. The number of halogens is 4. The molecule has 1 saturated heterocycles. The Morgan fingerprint density at radius 1 is 1.43 bits per heavy atom. The molecule has 7 heteroatoms. The van der Waals surface area contributed by atoms with Gasteiger partial charge in [-0.3, -0.25) is 0 Å². The van der Waals surface area contributed by atoms with Gasteiger partial charge in [0.25, 0.3) is 0 Å². The van der Waals surface area contributed by atoms with Gasteiger partial charge in [-0.25, -0.2) is 4.79 Å². The highest BCUT2D eigenvalue weighted by Gasteiger charge is 2.42. The quantitative estimate of drug-likeness (QED) is 0.814. The molecule has 2 rings (SSSR count). The molecule has 0 saturated carbocycles. The van der Waals surface area contributed by atoms with E-state index in [4.69, 9.17) is 11.6 Å². The Balaban J connectivity index is 2.05. The van der Waals surface area contributed by atoms with Crippen LogP contribution in [-0.2, 0) is 0 Å². The summed E-state index contributed by atoms with van der Waals surface area (Å²) < 4.78 is 38.2. The fourth-order valence-corrected chi connectivity index (χ4v) is 2.54. The molecule has 1 aromatic rings. The summed E-state index contributed by atoms with van der Waals surface area (Å²) in [6, 6.07) is 4.52. The molecule has 3 nitrogen and oxygen atoms in total. The second kappa shape index (κ2) is 6.13. The molecule has 1 heterocycles. The maximum absolute atomic E-state index is 12.7. The zero-order valence-corrected chi connectivity index (χ0v) is 12.3. The number of amides is 2. The lowest BCUT2D eigenvalue weighted by Gasteiger charge is -2.33. The van der Waals surface area contributed by atoms with E-state index in [2.05, 4.69) is 5.32 Å². The molecule has 2 amide bonds. The Hall–Kier alpha value is -1.43. The average molecular weight is 321 g/mol. The van der Waals surface area contributed by atoms with Crippen molar-refractivity contribution in [3.8, 4) is 0 Å². The molecule has 1 unspecified atom stereocenters. The number of alkyl halides is 3. The SMILES string of the molecule is Cc1c(Cl)cccc1NC(=O)N1CCCC(C(F)(F)F)C1. The average Bonchev–Trinajstić information content (AvgIpc) is 2.43. The molecule has 1 aliphatic rings. The first-order valence-corrected chi connectivity index (χ1v) is 7.04. The molecule has 1 N–H and O–H groups in total. The molecule has 0 radical (unpaired) electrons. The molecule has 116 valence electrons. The highest BCUT2D eigenvalue weighted by molar-refractivity contribution is 6.31. The molecule has 0 aromatic heterocycles. The van der Waals surface area contributed by atoms with Crippen LogP contribution < -0.4 is 5.32 Å². The van der Waals surface area contributed by atoms with Gasteiger partial charge in [0.15, 0.2) is 0 Å². The number of likely N-dealkylation sites (tertiary alicyclic amines) is 1. The standard InChI is InChI=1S/C14H16ClF3N2O/c1-9-11(15)5-2-6-12(9)19-13(21)20-7-3-4-10(8-20)14(16,17)18/h2,5-6,10H,3-4,7-8H2,1H3,(H,19,21). The predicted octanol–water partition coefficient (Wildman–Crippen LogP) is 4.45. The fraction of sp³-hybridized carbons (Fsp3) is 0.500. The van der Waals surface area contributed by atoms with Crippen molar-refractivity contribution in [3.63, 3.8) is 0 Å². The number of hydrogen-bond donors (Lipinski definition) is 1. The van der Waals surface area contributed by atoms with Crippen LogP contribution in [0.1, 0.15) is 18.4 Å². The van der Waals surface area contributed by atoms with Crippen molar-refractivity contribution in [2.75, 3.05) is 18.4 Å². The van der Waals surface area contributed by atoms with Crippen molar-refractivity contribution in [3.05, 3.63) is 28.8 Å². The molecular weight excluding hydrogens is 305 g/mol. The lowest BCUT2D eigenvalue weighted by atomic mass is 9.98. The van der Waals surface area contributed by atoms with E-state index in [0.717, 1.165) is 0 Å². The van der Waals surface area contributed by atoms with Crippen LogP contribution >= 0.6 is 11.6 Å². The first kappa shape index (κ1) is 15.9. The van der Waals surface area contributed by atoms with Crippen molar-refractivity contribution >= 4 is 23.3 Å². The highest BCUT2D eigenvalue weighted by Crippen LogP contribution is 2.33. The number of carbonyl (C=O) groups excluding carboxylic acids is 1. The van der Waals surface area contributed by atoms with Gasteiger partial charge in [0, 0.05) is 23.8 Å². The Morgan fingerprint density at radius 2 is 2.14 bits per heavy atom. The van der Waals surface area contributed by atoms with Gasteiger partial charge in [-0.2, -0.15) is 13.2 Å². The third-order valence-corrected chi connectivity index (χ3v) is 4.09. The van der Waals surface area contributed by atoms with E-state index >= 15 is 0 Å². The number of carbonyl (C=O) groups is 1. The second-order valence-corrected chi connectivity index (χ2v) is 5.58. The van der Waals surface area contributed by atoms with E-state index in [-0.39, 0.29) is 13.0 Å². The molecule has 0 aliphatic carbocycles. The first-order valence-electron chi connectivity index (χ1n) is 6.67. The van der Waals surface area contributed by atoms with Gasteiger partial charge in [-0.05, 0) is 37.5 Å². The summed E-state index contributed by atoms with van der Waals surface area (Å²) in [6.45, 7) is 1.78. The van der Waals surface area contributed by atoms with Gasteiger partial charge in [0.1, 0.15) is 0 Å². The monoisotopic (exact) mass is 320 g/mol. The highest BCUT2D eigenvalue weighted by atomic mass is 35.5. The summed E-state index contributed by atoms with van der Waals surface area (Å²) in [5.41, 5.74) is 1.21. The maximum Gasteiger partial charge on any atom is 0.393 e. The summed E-state index contributed by atoms with van der Waals surface area (Å²) in [6.07, 6.45) is -3.83. The molecule has 0 bridgehead atoms. The summed E-state index contributed by atoms with van der Waals surface area (Å²) in [5.74, 6) is -1.45. The van der Waals surface area contributed by atoms with Gasteiger partial charge in [-0.1, -0.05) is 17.7 Å². The van der Waals surface area contributed by atoms with Gasteiger partial charge >= 0.3 is 12.2 Å². The van der Waals surface area contributed by atoms with Crippen LogP contribution in [0.5, 0.6) is 0 Å². The van der Waals surface area contributed by atoms with Gasteiger partial charge in [0.2, 0.25) is 0 Å². The molecule has 1 atom stereocenters. The Bertz CT molecular complexity index is 533. The molecular formula is C14H16ClF3N2O.